The fraction of sp³-hybridized carbons (Fsp3) is 0.941. The first-order valence-corrected chi connectivity index (χ1v) is 8.66. The zero-order valence-corrected chi connectivity index (χ0v) is 15.4. The smallest absolute Gasteiger partial charge is 0.307 e. The van der Waals surface area contributed by atoms with Gasteiger partial charge >= 0.3 is 5.97 Å². The van der Waals surface area contributed by atoms with Crippen molar-refractivity contribution in [3.63, 3.8) is 0 Å². The van der Waals surface area contributed by atoms with Crippen LogP contribution in [0.1, 0.15) is 26.7 Å². The Kier molecular flexibility index (Phi) is 18.0. The first kappa shape index (κ1) is 23.3. The maximum absolute atomic E-state index is 10.8. The molecule has 0 radical (unpaired) electrons. The summed E-state index contributed by atoms with van der Waals surface area (Å²) >= 11 is 0. The first-order chi connectivity index (χ1) is 11.7. The molecule has 0 fully saturated rings. The van der Waals surface area contributed by atoms with Crippen LogP contribution < -0.4 is 0 Å². The van der Waals surface area contributed by atoms with Crippen LogP contribution in [-0.4, -0.2) is 79.1 Å². The Bertz CT molecular complexity index is 274. The van der Waals surface area contributed by atoms with Crippen LogP contribution in [0.15, 0.2) is 0 Å². The van der Waals surface area contributed by atoms with Gasteiger partial charge in [-0.3, -0.25) is 4.79 Å². The van der Waals surface area contributed by atoms with Crippen molar-refractivity contribution < 1.29 is 33.2 Å². The van der Waals surface area contributed by atoms with E-state index >= 15 is 0 Å². The number of hydrogen-bond donors (Lipinski definition) is 0. The second-order valence-electron chi connectivity index (χ2n) is 5.36. The maximum atomic E-state index is 10.8. The average molecular weight is 350 g/mol. The zero-order chi connectivity index (χ0) is 17.9. The number of methoxy groups -OCH3 is 1. The summed E-state index contributed by atoms with van der Waals surface area (Å²) in [4.78, 5) is 10.8. The third-order valence-electron chi connectivity index (χ3n) is 3.27. The molecule has 144 valence electrons. The highest BCUT2D eigenvalue weighted by Gasteiger charge is 1.99. The van der Waals surface area contributed by atoms with Gasteiger partial charge in [0.25, 0.3) is 0 Å². The van der Waals surface area contributed by atoms with Crippen LogP contribution in [0.3, 0.4) is 0 Å². The molecule has 7 nitrogen and oxygen atoms in total. The van der Waals surface area contributed by atoms with Gasteiger partial charge in [0, 0.05) is 6.61 Å². The van der Waals surface area contributed by atoms with E-state index in [1.54, 1.807) is 0 Å². The lowest BCUT2D eigenvalue weighted by Crippen LogP contribution is -2.14. The molecule has 7 heteroatoms. The van der Waals surface area contributed by atoms with E-state index in [2.05, 4.69) is 18.6 Å². The second-order valence-corrected chi connectivity index (χ2v) is 5.36. The molecule has 0 saturated heterocycles. The topological polar surface area (TPSA) is 72.5 Å². The Labute approximate surface area is 145 Å². The van der Waals surface area contributed by atoms with Crippen LogP contribution in [0, 0.1) is 5.92 Å². The van der Waals surface area contributed by atoms with Gasteiger partial charge in [-0.05, 0) is 5.92 Å². The lowest BCUT2D eigenvalue weighted by molar-refractivity contribution is -0.141. The van der Waals surface area contributed by atoms with E-state index in [4.69, 9.17) is 23.7 Å². The van der Waals surface area contributed by atoms with Crippen molar-refractivity contribution in [2.75, 3.05) is 73.2 Å². The number of esters is 1. The number of hydrogen-bond acceptors (Lipinski definition) is 7. The molecule has 0 spiro atoms. The average Bonchev–Trinajstić information content (AvgIpc) is 2.60. The standard InChI is InChI=1S/C17H34O7/c1-4-16(2)15-24-14-13-23-12-11-22-10-9-21-8-7-20-6-5-17(18)19-3/h16H,4-15H2,1-3H3. The van der Waals surface area contributed by atoms with E-state index in [9.17, 15) is 4.79 Å². The van der Waals surface area contributed by atoms with Crippen LogP contribution in [0.5, 0.6) is 0 Å². The lowest BCUT2D eigenvalue weighted by atomic mass is 10.1. The van der Waals surface area contributed by atoms with E-state index in [-0.39, 0.29) is 12.4 Å². The molecular formula is C17H34O7. The highest BCUT2D eigenvalue weighted by Crippen LogP contribution is 1.99. The van der Waals surface area contributed by atoms with Crippen molar-refractivity contribution in [1.82, 2.24) is 0 Å². The molecule has 0 heterocycles. The van der Waals surface area contributed by atoms with Gasteiger partial charge in [0.05, 0.1) is 73.0 Å². The molecule has 0 amide bonds. The van der Waals surface area contributed by atoms with Gasteiger partial charge in [-0.25, -0.2) is 0 Å². The van der Waals surface area contributed by atoms with Gasteiger partial charge in [0.15, 0.2) is 0 Å². The largest absolute Gasteiger partial charge is 0.469 e. The van der Waals surface area contributed by atoms with Gasteiger partial charge in [-0.15, -0.1) is 0 Å². The molecule has 0 aromatic heterocycles. The predicted octanol–water partition coefficient (Wildman–Crippen LogP) is 1.68. The minimum atomic E-state index is -0.270. The Morgan fingerprint density at radius 3 is 1.58 bits per heavy atom. The molecule has 0 aromatic rings. The summed E-state index contributed by atoms with van der Waals surface area (Å²) in [5, 5.41) is 0. The van der Waals surface area contributed by atoms with Crippen LogP contribution in [0.4, 0.5) is 0 Å². The highest BCUT2D eigenvalue weighted by molar-refractivity contribution is 5.69. The summed E-state index contributed by atoms with van der Waals surface area (Å²) in [6.45, 7) is 9.77. The number of rotatable bonds is 18. The fourth-order valence-corrected chi connectivity index (χ4v) is 1.54. The summed E-state index contributed by atoms with van der Waals surface area (Å²) < 4.78 is 31.3. The summed E-state index contributed by atoms with van der Waals surface area (Å²) in [6, 6.07) is 0. The minimum Gasteiger partial charge on any atom is -0.469 e. The second kappa shape index (κ2) is 18.6. The Hall–Kier alpha value is -0.730. The Morgan fingerprint density at radius 1 is 0.750 bits per heavy atom. The number of carbonyl (C=O) groups excluding carboxylic acids is 1. The fourth-order valence-electron chi connectivity index (χ4n) is 1.54. The molecule has 0 saturated carbocycles. The van der Waals surface area contributed by atoms with Crippen molar-refractivity contribution >= 4 is 5.97 Å². The zero-order valence-electron chi connectivity index (χ0n) is 15.4. The van der Waals surface area contributed by atoms with Gasteiger partial charge < -0.3 is 28.4 Å². The third-order valence-corrected chi connectivity index (χ3v) is 3.27. The van der Waals surface area contributed by atoms with Gasteiger partial charge in [-0.1, -0.05) is 20.3 Å². The number of ether oxygens (including phenoxy) is 6. The van der Waals surface area contributed by atoms with E-state index < -0.39 is 0 Å². The summed E-state index contributed by atoms with van der Waals surface area (Å²) in [7, 11) is 1.36. The van der Waals surface area contributed by atoms with Crippen molar-refractivity contribution in [3.8, 4) is 0 Å². The lowest BCUT2D eigenvalue weighted by Gasteiger charge is -2.10. The van der Waals surface area contributed by atoms with Gasteiger partial charge in [0.1, 0.15) is 0 Å². The molecule has 0 N–H and O–H groups in total. The van der Waals surface area contributed by atoms with Crippen LogP contribution >= 0.6 is 0 Å². The summed E-state index contributed by atoms with van der Waals surface area (Å²) in [5.41, 5.74) is 0. The molecule has 0 aliphatic carbocycles. The van der Waals surface area contributed by atoms with Crippen LogP contribution in [0.2, 0.25) is 0 Å². The predicted molar refractivity (Wildman–Crippen MR) is 90.2 cm³/mol. The highest BCUT2D eigenvalue weighted by atomic mass is 16.6. The SMILES string of the molecule is CCC(C)COCCOCCOCCOCCOCCC(=O)OC. The first-order valence-electron chi connectivity index (χ1n) is 8.66. The summed E-state index contributed by atoms with van der Waals surface area (Å²) in [6.07, 6.45) is 1.40. The van der Waals surface area contributed by atoms with E-state index in [0.29, 0.717) is 65.4 Å². The van der Waals surface area contributed by atoms with Crippen LogP contribution in [-0.2, 0) is 33.2 Å². The molecule has 0 rings (SSSR count). The molecule has 24 heavy (non-hydrogen) atoms. The number of carbonyl (C=O) groups is 1. The van der Waals surface area contributed by atoms with E-state index in [0.717, 1.165) is 13.0 Å². The van der Waals surface area contributed by atoms with Crippen molar-refractivity contribution in [2.24, 2.45) is 5.92 Å². The van der Waals surface area contributed by atoms with Crippen molar-refractivity contribution in [3.05, 3.63) is 0 Å². The molecule has 1 unspecified atom stereocenters. The third kappa shape index (κ3) is 17.6. The molecule has 1 atom stereocenters. The quantitative estimate of drug-likeness (QED) is 0.275. The molecule has 0 bridgehead atoms. The molecule has 0 aliphatic rings. The normalized spacial score (nSPS) is 12.3. The van der Waals surface area contributed by atoms with Crippen molar-refractivity contribution in [1.29, 1.82) is 0 Å². The molecule has 0 aliphatic heterocycles. The molecule has 0 aromatic carbocycles. The minimum absolute atomic E-state index is 0.266. The van der Waals surface area contributed by atoms with E-state index in [1.807, 2.05) is 0 Å². The van der Waals surface area contributed by atoms with Gasteiger partial charge in [0.2, 0.25) is 0 Å². The Morgan fingerprint density at radius 2 is 1.17 bits per heavy atom. The molecular weight excluding hydrogens is 316 g/mol. The Balaban J connectivity index is 3.04. The van der Waals surface area contributed by atoms with Crippen molar-refractivity contribution in [2.45, 2.75) is 26.7 Å². The van der Waals surface area contributed by atoms with Crippen LogP contribution in [0.25, 0.3) is 0 Å². The van der Waals surface area contributed by atoms with Gasteiger partial charge in [-0.2, -0.15) is 0 Å². The maximum Gasteiger partial charge on any atom is 0.307 e. The monoisotopic (exact) mass is 350 g/mol. The summed E-state index contributed by atoms with van der Waals surface area (Å²) in [5.74, 6) is 0.334. The van der Waals surface area contributed by atoms with E-state index in [1.165, 1.54) is 7.11 Å².